The van der Waals surface area contributed by atoms with E-state index in [9.17, 15) is 0 Å². The van der Waals surface area contributed by atoms with E-state index >= 15 is 0 Å². The maximum Gasteiger partial charge on any atom is 0.146 e. The summed E-state index contributed by atoms with van der Waals surface area (Å²) in [6, 6.07) is 33.0. The summed E-state index contributed by atoms with van der Waals surface area (Å²) in [6.45, 7) is 0. The SMILES string of the molecule is c1ccc(-n2c3cc4c(cc3c3ccc5c(c6cnccc6n6c7cnccc7nc56)c32)Cc2ccccc2-4)cc1. The number of hydrogen-bond donors (Lipinski definition) is 0. The highest BCUT2D eigenvalue weighted by Gasteiger charge is 2.24. The van der Waals surface area contributed by atoms with E-state index in [0.717, 1.165) is 45.1 Å². The van der Waals surface area contributed by atoms with Crippen LogP contribution in [-0.2, 0) is 6.42 Å². The third kappa shape index (κ3) is 2.68. The number of aromatic nitrogens is 5. The van der Waals surface area contributed by atoms with Crippen molar-refractivity contribution in [2.75, 3.05) is 0 Å². The number of pyridine rings is 3. The van der Waals surface area contributed by atoms with E-state index < -0.39 is 0 Å². The van der Waals surface area contributed by atoms with Gasteiger partial charge in [-0.25, -0.2) is 4.98 Å². The molecule has 0 saturated heterocycles. The van der Waals surface area contributed by atoms with Crippen molar-refractivity contribution in [2.45, 2.75) is 6.42 Å². The molecule has 0 saturated carbocycles. The molecule has 5 nitrogen and oxygen atoms in total. The monoisotopic (exact) mass is 523 g/mol. The summed E-state index contributed by atoms with van der Waals surface area (Å²) in [5.41, 5.74) is 12.9. The summed E-state index contributed by atoms with van der Waals surface area (Å²) in [6.07, 6.45) is 8.55. The van der Waals surface area contributed by atoms with Crippen LogP contribution < -0.4 is 0 Å². The topological polar surface area (TPSA) is 48.0 Å². The van der Waals surface area contributed by atoms with E-state index in [1.54, 1.807) is 0 Å². The number of nitrogens with zero attached hydrogens (tertiary/aromatic N) is 5. The van der Waals surface area contributed by atoms with Crippen molar-refractivity contribution in [3.63, 3.8) is 0 Å². The van der Waals surface area contributed by atoms with Gasteiger partial charge >= 0.3 is 0 Å². The molecule has 0 aliphatic heterocycles. The Balaban J connectivity index is 1.47. The predicted molar refractivity (Wildman–Crippen MR) is 166 cm³/mol. The highest BCUT2D eigenvalue weighted by molar-refractivity contribution is 6.28. The number of benzene rings is 4. The number of para-hydroxylation sites is 1. The molecule has 0 unspecified atom stereocenters. The fourth-order valence-corrected chi connectivity index (χ4v) is 7.16. The van der Waals surface area contributed by atoms with Gasteiger partial charge in [-0.05, 0) is 71.1 Å². The lowest BCUT2D eigenvalue weighted by atomic mass is 10.0. The van der Waals surface area contributed by atoms with Gasteiger partial charge in [-0.15, -0.1) is 0 Å². The van der Waals surface area contributed by atoms with E-state index in [2.05, 4.69) is 104 Å². The third-order valence-corrected chi connectivity index (χ3v) is 8.86. The summed E-state index contributed by atoms with van der Waals surface area (Å²) in [5.74, 6) is 0. The van der Waals surface area contributed by atoms with E-state index in [1.807, 2.05) is 30.9 Å². The van der Waals surface area contributed by atoms with Crippen LogP contribution in [0.5, 0.6) is 0 Å². The summed E-state index contributed by atoms with van der Waals surface area (Å²) < 4.78 is 4.68. The van der Waals surface area contributed by atoms with Crippen LogP contribution in [0, 0.1) is 0 Å². The number of hydrogen-bond acceptors (Lipinski definition) is 3. The lowest BCUT2D eigenvalue weighted by Crippen LogP contribution is -1.97. The van der Waals surface area contributed by atoms with Crippen molar-refractivity contribution in [3.8, 4) is 16.8 Å². The standard InChI is InChI=1S/C36H21N5/c1-2-7-23(8-3-1)40-32-18-27-22(16-21-6-4-5-9-24(21)27)17-28(32)25-10-11-26-34(35(25)40)29-19-37-15-13-31(29)41-33-20-38-14-12-30(33)39-36(26)41/h1-15,17-20H,16H2. The van der Waals surface area contributed by atoms with Gasteiger partial charge in [0.15, 0.2) is 0 Å². The van der Waals surface area contributed by atoms with E-state index in [4.69, 9.17) is 4.98 Å². The number of fused-ring (bicyclic) bond motifs is 15. The molecule has 0 atom stereocenters. The van der Waals surface area contributed by atoms with Gasteiger partial charge in [0.2, 0.25) is 0 Å². The van der Waals surface area contributed by atoms with E-state index in [0.29, 0.717) is 0 Å². The Labute approximate surface area is 234 Å². The van der Waals surface area contributed by atoms with Crippen molar-refractivity contribution in [3.05, 3.63) is 127 Å². The molecule has 41 heavy (non-hydrogen) atoms. The van der Waals surface area contributed by atoms with Crippen LogP contribution in [-0.4, -0.2) is 23.9 Å². The van der Waals surface area contributed by atoms with Gasteiger partial charge in [0, 0.05) is 51.2 Å². The fraction of sp³-hybridized carbons (Fsp3) is 0.0278. The van der Waals surface area contributed by atoms with E-state index in [1.165, 1.54) is 49.4 Å². The van der Waals surface area contributed by atoms with Gasteiger partial charge < -0.3 is 4.57 Å². The average Bonchev–Trinajstić information content (AvgIpc) is 3.70. The van der Waals surface area contributed by atoms with E-state index in [-0.39, 0.29) is 0 Å². The van der Waals surface area contributed by atoms with Crippen LogP contribution in [0.2, 0.25) is 0 Å². The minimum Gasteiger partial charge on any atom is -0.309 e. The molecule has 0 N–H and O–H groups in total. The van der Waals surface area contributed by atoms with Gasteiger partial charge in [0.25, 0.3) is 0 Å². The van der Waals surface area contributed by atoms with Gasteiger partial charge in [-0.3, -0.25) is 14.4 Å². The Morgan fingerprint density at radius 3 is 2.37 bits per heavy atom. The number of rotatable bonds is 1. The van der Waals surface area contributed by atoms with Gasteiger partial charge in [-0.2, -0.15) is 0 Å². The van der Waals surface area contributed by atoms with Crippen LogP contribution in [0.3, 0.4) is 0 Å². The van der Waals surface area contributed by atoms with Crippen molar-refractivity contribution in [2.24, 2.45) is 0 Å². The molecule has 1 aliphatic rings. The molecule has 1 aliphatic carbocycles. The molecule has 9 aromatic rings. The van der Waals surface area contributed by atoms with Crippen LogP contribution >= 0.6 is 0 Å². The van der Waals surface area contributed by atoms with Crippen molar-refractivity contribution < 1.29 is 0 Å². The van der Waals surface area contributed by atoms with Crippen LogP contribution in [0.4, 0.5) is 0 Å². The Bertz CT molecular complexity index is 2550. The zero-order chi connectivity index (χ0) is 26.7. The molecule has 0 fully saturated rings. The summed E-state index contributed by atoms with van der Waals surface area (Å²) in [4.78, 5) is 14.2. The summed E-state index contributed by atoms with van der Waals surface area (Å²) in [5, 5.41) is 5.88. The van der Waals surface area contributed by atoms with Gasteiger partial charge in [0.1, 0.15) is 5.65 Å². The smallest absolute Gasteiger partial charge is 0.146 e. The molecule has 5 aromatic heterocycles. The lowest BCUT2D eigenvalue weighted by molar-refractivity contribution is 1.18. The molecular formula is C36H21N5. The van der Waals surface area contributed by atoms with Crippen LogP contribution in [0.1, 0.15) is 11.1 Å². The van der Waals surface area contributed by atoms with Gasteiger partial charge in [0.05, 0.1) is 33.8 Å². The quantitative estimate of drug-likeness (QED) is 0.204. The lowest BCUT2D eigenvalue weighted by Gasteiger charge is -2.13. The molecule has 10 rings (SSSR count). The molecule has 0 amide bonds. The molecule has 0 radical (unpaired) electrons. The molecule has 0 spiro atoms. The first-order chi connectivity index (χ1) is 20.3. The van der Waals surface area contributed by atoms with Crippen LogP contribution in [0.15, 0.2) is 116 Å². The minimum atomic E-state index is 0.935. The highest BCUT2D eigenvalue weighted by Crippen LogP contribution is 2.45. The first-order valence-electron chi connectivity index (χ1n) is 13.9. The Morgan fingerprint density at radius 1 is 0.585 bits per heavy atom. The maximum absolute atomic E-state index is 5.13. The Morgan fingerprint density at radius 2 is 1.41 bits per heavy atom. The fourth-order valence-electron chi connectivity index (χ4n) is 7.16. The molecule has 190 valence electrons. The van der Waals surface area contributed by atoms with Crippen molar-refractivity contribution in [1.82, 2.24) is 23.9 Å². The number of imidazole rings is 1. The van der Waals surface area contributed by atoms with Crippen molar-refractivity contribution in [1.29, 1.82) is 0 Å². The first-order valence-corrected chi connectivity index (χ1v) is 13.9. The Hall–Kier alpha value is -5.55. The second-order valence-electron chi connectivity index (χ2n) is 10.9. The Kier molecular flexibility index (Phi) is 3.92. The zero-order valence-corrected chi connectivity index (χ0v) is 21.9. The molecular weight excluding hydrogens is 502 g/mol. The second-order valence-corrected chi connectivity index (χ2v) is 10.9. The molecule has 4 aromatic carbocycles. The summed E-state index contributed by atoms with van der Waals surface area (Å²) in [7, 11) is 0. The highest BCUT2D eigenvalue weighted by atomic mass is 15.0. The normalized spacial score (nSPS) is 12.8. The maximum atomic E-state index is 5.13. The zero-order valence-electron chi connectivity index (χ0n) is 21.9. The largest absolute Gasteiger partial charge is 0.309 e. The summed E-state index contributed by atoms with van der Waals surface area (Å²) >= 11 is 0. The predicted octanol–water partition coefficient (Wildman–Crippen LogP) is 8.25. The second kappa shape index (κ2) is 7.55. The molecule has 5 heterocycles. The average molecular weight is 524 g/mol. The third-order valence-electron chi connectivity index (χ3n) is 8.86. The minimum absolute atomic E-state index is 0.935. The molecule has 0 bridgehead atoms. The van der Waals surface area contributed by atoms with Gasteiger partial charge in [-0.1, -0.05) is 48.5 Å². The van der Waals surface area contributed by atoms with Crippen LogP contribution in [0.25, 0.3) is 77.0 Å². The first kappa shape index (κ1) is 21.3. The van der Waals surface area contributed by atoms with Crippen molar-refractivity contribution >= 4 is 60.2 Å². The molecule has 5 heteroatoms.